The van der Waals surface area contributed by atoms with E-state index in [1.165, 1.54) is 48.2 Å². The number of benzene rings is 2. The van der Waals surface area contributed by atoms with Crippen LogP contribution in [-0.2, 0) is 26.0 Å². The highest BCUT2D eigenvalue weighted by Gasteiger charge is 2.46. The second-order valence-electron chi connectivity index (χ2n) is 11.5. The number of carboxylic acids is 1. The smallest absolute Gasteiger partial charge is 0.415 e. The Morgan fingerprint density at radius 1 is 1.07 bits per heavy atom. The summed E-state index contributed by atoms with van der Waals surface area (Å²) >= 11 is 4.50. The van der Waals surface area contributed by atoms with Gasteiger partial charge in [0.2, 0.25) is 0 Å². The van der Waals surface area contributed by atoms with Crippen molar-refractivity contribution in [2.24, 2.45) is 0 Å². The van der Waals surface area contributed by atoms with Crippen molar-refractivity contribution in [2.75, 3.05) is 36.8 Å². The van der Waals surface area contributed by atoms with Gasteiger partial charge in [0.15, 0.2) is 0 Å². The summed E-state index contributed by atoms with van der Waals surface area (Å²) < 4.78 is 34.4. The van der Waals surface area contributed by atoms with E-state index in [-0.39, 0.29) is 17.1 Å². The molecule has 244 valence electrons. The van der Waals surface area contributed by atoms with E-state index in [1.807, 2.05) is 32.0 Å². The predicted octanol–water partition coefficient (Wildman–Crippen LogP) is 3.82. The number of piperazine rings is 1. The van der Waals surface area contributed by atoms with Gasteiger partial charge in [-0.25, -0.2) is 27.3 Å². The van der Waals surface area contributed by atoms with E-state index in [9.17, 15) is 27.9 Å². The zero-order valence-electron chi connectivity index (χ0n) is 25.2. The molecule has 2 N–H and O–H groups in total. The summed E-state index contributed by atoms with van der Waals surface area (Å²) in [6.07, 6.45) is 0.905. The molecule has 0 saturated carbocycles. The fourth-order valence-electron chi connectivity index (χ4n) is 5.15. The Kier molecular flexibility index (Phi) is 10.2. The van der Waals surface area contributed by atoms with Gasteiger partial charge in [-0.2, -0.15) is 0 Å². The highest BCUT2D eigenvalue weighted by Crippen LogP contribution is 2.31. The number of sulfonamides is 1. The molecule has 2 aliphatic heterocycles. The van der Waals surface area contributed by atoms with Gasteiger partial charge < -0.3 is 19.6 Å². The quantitative estimate of drug-likeness (QED) is 0.331. The van der Waals surface area contributed by atoms with Gasteiger partial charge in [0.1, 0.15) is 23.0 Å². The maximum atomic E-state index is 13.9. The van der Waals surface area contributed by atoms with E-state index in [0.717, 1.165) is 5.82 Å². The lowest BCUT2D eigenvalue weighted by Gasteiger charge is -2.34. The number of pyridine rings is 1. The number of nitrogens with zero attached hydrogens (tertiary/aromatic N) is 4. The number of aromatic nitrogens is 1. The van der Waals surface area contributed by atoms with Crippen molar-refractivity contribution in [2.45, 2.75) is 42.1 Å². The van der Waals surface area contributed by atoms with Gasteiger partial charge in [-0.1, -0.05) is 34.1 Å². The molecule has 2 aromatic carbocycles. The minimum absolute atomic E-state index is 0.208. The number of carboxylic acid groups (broad SMARTS) is 1. The molecule has 2 atom stereocenters. The van der Waals surface area contributed by atoms with Crippen LogP contribution in [0.5, 0.6) is 5.75 Å². The number of halogens is 1. The molecular formula is C31H34BrN5O7S2. The largest absolute Gasteiger partial charge is 0.480 e. The summed E-state index contributed by atoms with van der Waals surface area (Å²) in [7, 11) is -4.57. The van der Waals surface area contributed by atoms with Crippen molar-refractivity contribution in [1.29, 1.82) is 0 Å². The zero-order valence-corrected chi connectivity index (χ0v) is 28.4. The molecule has 5 rings (SSSR count). The molecule has 0 radical (unpaired) electrons. The van der Waals surface area contributed by atoms with Crippen LogP contribution in [-0.4, -0.2) is 94.6 Å². The zero-order chi connectivity index (χ0) is 33.1. The lowest BCUT2D eigenvalue weighted by Crippen LogP contribution is -2.55. The van der Waals surface area contributed by atoms with Crippen LogP contribution in [0.25, 0.3) is 0 Å². The van der Waals surface area contributed by atoms with Crippen molar-refractivity contribution in [3.8, 4) is 5.75 Å². The highest BCUT2D eigenvalue weighted by atomic mass is 79.9. The van der Waals surface area contributed by atoms with Gasteiger partial charge in [-0.15, -0.1) is 11.8 Å². The van der Waals surface area contributed by atoms with Crippen LogP contribution in [0.2, 0.25) is 0 Å². The van der Waals surface area contributed by atoms with Gasteiger partial charge >= 0.3 is 12.1 Å². The molecule has 15 heteroatoms. The molecule has 2 aliphatic rings. The molecule has 3 aromatic rings. The van der Waals surface area contributed by atoms with Crippen molar-refractivity contribution >= 4 is 61.5 Å². The topological polar surface area (TPSA) is 149 Å². The maximum absolute atomic E-state index is 13.9. The van der Waals surface area contributed by atoms with E-state index in [4.69, 9.17) is 4.74 Å². The number of aliphatic carboxylic acids is 1. The summed E-state index contributed by atoms with van der Waals surface area (Å²) in [6.45, 7) is 5.88. The van der Waals surface area contributed by atoms with Crippen LogP contribution in [0.1, 0.15) is 19.4 Å². The number of amides is 2. The van der Waals surface area contributed by atoms with Crippen LogP contribution >= 0.6 is 27.7 Å². The van der Waals surface area contributed by atoms with E-state index < -0.39 is 44.9 Å². The first-order valence-electron chi connectivity index (χ1n) is 14.5. The molecule has 2 amide bonds. The van der Waals surface area contributed by atoms with E-state index in [1.54, 1.807) is 23.2 Å². The number of rotatable bonds is 9. The Morgan fingerprint density at radius 2 is 1.74 bits per heavy atom. The van der Waals surface area contributed by atoms with E-state index >= 15 is 0 Å². The van der Waals surface area contributed by atoms with Gasteiger partial charge in [0.25, 0.3) is 15.9 Å². The average Bonchev–Trinajstić information content (AvgIpc) is 3.41. The van der Waals surface area contributed by atoms with Crippen molar-refractivity contribution in [1.82, 2.24) is 19.5 Å². The summed E-state index contributed by atoms with van der Waals surface area (Å²) in [6, 6.07) is 15.7. The van der Waals surface area contributed by atoms with Gasteiger partial charge in [-0.05, 0) is 67.9 Å². The molecular weight excluding hydrogens is 698 g/mol. The van der Waals surface area contributed by atoms with Gasteiger partial charge in [-0.3, -0.25) is 10.1 Å². The Balaban J connectivity index is 1.30. The van der Waals surface area contributed by atoms with Crippen LogP contribution < -0.4 is 15.0 Å². The second kappa shape index (κ2) is 14.0. The normalized spacial score (nSPS) is 18.5. The Labute approximate surface area is 280 Å². The number of nitrogens with one attached hydrogen (secondary N) is 1. The summed E-state index contributed by atoms with van der Waals surface area (Å²) in [5.41, 5.74) is -0.0104. The second-order valence-corrected chi connectivity index (χ2v) is 15.4. The Hall–Kier alpha value is -3.66. The Bertz CT molecular complexity index is 1670. The van der Waals surface area contributed by atoms with Crippen LogP contribution in [0.15, 0.2) is 82.3 Å². The third kappa shape index (κ3) is 7.82. The van der Waals surface area contributed by atoms with Crippen LogP contribution in [0.4, 0.5) is 10.6 Å². The number of carbonyl (C=O) groups excluding carboxylic acids is 2. The molecule has 3 heterocycles. The minimum Gasteiger partial charge on any atom is -0.480 e. The number of carbonyl (C=O) groups is 3. The van der Waals surface area contributed by atoms with Gasteiger partial charge in [0, 0.05) is 54.6 Å². The fraction of sp³-hybridized carbons (Fsp3) is 0.355. The molecule has 0 bridgehead atoms. The van der Waals surface area contributed by atoms with Gasteiger partial charge in [0.05, 0.1) is 4.90 Å². The highest BCUT2D eigenvalue weighted by molar-refractivity contribution is 9.10. The van der Waals surface area contributed by atoms with Crippen molar-refractivity contribution in [3.63, 3.8) is 0 Å². The first-order chi connectivity index (χ1) is 21.8. The van der Waals surface area contributed by atoms with E-state index in [2.05, 4.69) is 31.1 Å². The molecule has 1 aromatic heterocycles. The number of ether oxygens (including phenoxy) is 1. The number of thioether (sulfide) groups is 1. The molecule has 2 fully saturated rings. The number of hydrogen-bond acceptors (Lipinski definition) is 10. The van der Waals surface area contributed by atoms with Crippen molar-refractivity contribution < 1.29 is 32.6 Å². The van der Waals surface area contributed by atoms with Crippen LogP contribution in [0, 0.1) is 0 Å². The standard InChI is InChI=1S/C31H34BrN5O7S2/c1-31(2)20-45-27(34-31)28(38)37(46(42,43)24-12-8-22(32)9-13-24)25(29(39)40)19-21-6-10-23(11-7-21)44-30(41)36-17-15-35(16-18-36)26-5-3-4-14-33-26/h3-14,25,27,34H,15-20H2,1-2H3,(H,39,40)/t25-,27-/m0/s1. The number of anilines is 1. The summed E-state index contributed by atoms with van der Waals surface area (Å²) in [4.78, 5) is 47.1. The van der Waals surface area contributed by atoms with E-state index in [0.29, 0.717) is 46.3 Å². The molecule has 0 aliphatic carbocycles. The minimum atomic E-state index is -4.57. The Morgan fingerprint density at radius 3 is 2.30 bits per heavy atom. The SMILES string of the molecule is CC1(C)CS[C@@H](C(=O)N([C@@H](Cc2ccc(OC(=O)N3CCN(c4ccccn4)CC3)cc2)C(=O)O)S(=O)(=O)c2ccc(Br)cc2)N1. The first kappa shape index (κ1) is 33.7. The average molecular weight is 733 g/mol. The molecule has 12 nitrogen and oxygen atoms in total. The monoisotopic (exact) mass is 731 g/mol. The molecule has 46 heavy (non-hydrogen) atoms. The van der Waals surface area contributed by atoms with Crippen molar-refractivity contribution in [3.05, 3.63) is 83.0 Å². The molecule has 0 unspecified atom stereocenters. The molecule has 0 spiro atoms. The third-order valence-corrected chi connectivity index (χ3v) is 11.5. The first-order valence-corrected chi connectivity index (χ1v) is 17.8. The third-order valence-electron chi connectivity index (χ3n) is 7.58. The van der Waals surface area contributed by atoms with Crippen LogP contribution in [0.3, 0.4) is 0 Å². The molecule has 2 saturated heterocycles. The number of hydrogen-bond donors (Lipinski definition) is 2. The fourth-order valence-corrected chi connectivity index (χ4v) is 8.36. The maximum Gasteiger partial charge on any atom is 0.415 e. The summed E-state index contributed by atoms with van der Waals surface area (Å²) in [5, 5.41) is 12.5. The lowest BCUT2D eigenvalue weighted by atomic mass is 10.1. The lowest BCUT2D eigenvalue weighted by molar-refractivity contribution is -0.146. The summed E-state index contributed by atoms with van der Waals surface area (Å²) in [5.74, 6) is -0.709. The predicted molar refractivity (Wildman–Crippen MR) is 177 cm³/mol.